The van der Waals surface area contributed by atoms with Gasteiger partial charge in [0.25, 0.3) is 0 Å². The molecular weight excluding hydrogens is 246 g/mol. The SMILES string of the molecule is Cc1ccc(Cl)cc1N1CCC(CN)(CN)CC1. The molecule has 0 unspecified atom stereocenters. The molecule has 100 valence electrons. The van der Waals surface area contributed by atoms with E-state index in [1.54, 1.807) is 0 Å². The van der Waals surface area contributed by atoms with Gasteiger partial charge in [0.15, 0.2) is 0 Å². The molecule has 0 atom stereocenters. The van der Waals surface area contributed by atoms with Crippen LogP contribution >= 0.6 is 11.6 Å². The molecule has 1 aromatic carbocycles. The summed E-state index contributed by atoms with van der Waals surface area (Å²) in [4.78, 5) is 2.39. The molecule has 1 aromatic rings. The number of hydrogen-bond acceptors (Lipinski definition) is 3. The van der Waals surface area contributed by atoms with E-state index in [0.29, 0.717) is 13.1 Å². The lowest BCUT2D eigenvalue weighted by Gasteiger charge is -2.42. The van der Waals surface area contributed by atoms with E-state index in [9.17, 15) is 0 Å². The van der Waals surface area contributed by atoms with Gasteiger partial charge >= 0.3 is 0 Å². The first-order chi connectivity index (χ1) is 8.60. The molecule has 4 N–H and O–H groups in total. The van der Waals surface area contributed by atoms with Gasteiger partial charge in [0.2, 0.25) is 0 Å². The molecule has 0 spiro atoms. The summed E-state index contributed by atoms with van der Waals surface area (Å²) in [6.07, 6.45) is 2.12. The maximum Gasteiger partial charge on any atom is 0.0426 e. The smallest absolute Gasteiger partial charge is 0.0426 e. The quantitative estimate of drug-likeness (QED) is 0.882. The van der Waals surface area contributed by atoms with Crippen molar-refractivity contribution in [2.75, 3.05) is 31.1 Å². The van der Waals surface area contributed by atoms with Crippen LogP contribution in [-0.4, -0.2) is 26.2 Å². The second-order valence-electron chi connectivity index (χ2n) is 5.33. The maximum atomic E-state index is 6.08. The lowest BCUT2D eigenvalue weighted by molar-refractivity contribution is 0.238. The molecule has 0 amide bonds. The highest BCUT2D eigenvalue weighted by molar-refractivity contribution is 6.30. The Bertz CT molecular complexity index is 406. The topological polar surface area (TPSA) is 55.3 Å². The highest BCUT2D eigenvalue weighted by Crippen LogP contribution is 2.33. The first-order valence-electron chi connectivity index (χ1n) is 6.51. The third-order valence-electron chi connectivity index (χ3n) is 4.20. The second-order valence-corrected chi connectivity index (χ2v) is 5.76. The number of hydrogen-bond donors (Lipinski definition) is 2. The summed E-state index contributed by atoms with van der Waals surface area (Å²) >= 11 is 6.08. The van der Waals surface area contributed by atoms with Gasteiger partial charge in [-0.25, -0.2) is 0 Å². The number of benzene rings is 1. The minimum atomic E-state index is 0.142. The summed E-state index contributed by atoms with van der Waals surface area (Å²) in [7, 11) is 0. The van der Waals surface area contributed by atoms with E-state index >= 15 is 0 Å². The van der Waals surface area contributed by atoms with Crippen molar-refractivity contribution < 1.29 is 0 Å². The number of aryl methyl sites for hydroxylation is 1. The van der Waals surface area contributed by atoms with E-state index in [-0.39, 0.29) is 5.41 Å². The summed E-state index contributed by atoms with van der Waals surface area (Å²) < 4.78 is 0. The molecule has 0 radical (unpaired) electrons. The number of halogens is 1. The van der Waals surface area contributed by atoms with Crippen molar-refractivity contribution in [1.29, 1.82) is 0 Å². The summed E-state index contributed by atoms with van der Waals surface area (Å²) in [5.74, 6) is 0. The Hall–Kier alpha value is -0.770. The summed E-state index contributed by atoms with van der Waals surface area (Å²) in [5, 5.41) is 0.796. The number of anilines is 1. The lowest BCUT2D eigenvalue weighted by Crippen LogP contribution is -2.48. The molecule has 2 rings (SSSR count). The highest BCUT2D eigenvalue weighted by atomic mass is 35.5. The van der Waals surface area contributed by atoms with Crippen LogP contribution in [0.25, 0.3) is 0 Å². The van der Waals surface area contributed by atoms with Crippen LogP contribution in [0.3, 0.4) is 0 Å². The molecule has 0 aromatic heterocycles. The van der Waals surface area contributed by atoms with Crippen LogP contribution in [0.1, 0.15) is 18.4 Å². The Morgan fingerprint density at radius 3 is 2.39 bits per heavy atom. The minimum absolute atomic E-state index is 0.142. The molecule has 1 saturated heterocycles. The fraction of sp³-hybridized carbons (Fsp3) is 0.571. The zero-order valence-corrected chi connectivity index (χ0v) is 11.7. The van der Waals surface area contributed by atoms with E-state index in [0.717, 1.165) is 31.0 Å². The number of rotatable bonds is 3. The predicted octanol–water partition coefficient (Wildman–Crippen LogP) is 2.15. The van der Waals surface area contributed by atoms with Crippen LogP contribution in [0.4, 0.5) is 5.69 Å². The van der Waals surface area contributed by atoms with Crippen molar-refractivity contribution in [3.8, 4) is 0 Å². The Morgan fingerprint density at radius 1 is 1.22 bits per heavy atom. The molecule has 1 aliphatic heterocycles. The molecule has 4 heteroatoms. The van der Waals surface area contributed by atoms with Gasteiger partial charge in [0.1, 0.15) is 0 Å². The molecular formula is C14H22ClN3. The normalized spacial score (nSPS) is 19.0. The lowest BCUT2D eigenvalue weighted by atomic mass is 9.78. The van der Waals surface area contributed by atoms with Crippen LogP contribution < -0.4 is 16.4 Å². The third kappa shape index (κ3) is 2.63. The standard InChI is InChI=1S/C14H22ClN3/c1-11-2-3-12(15)8-13(11)18-6-4-14(9-16,10-17)5-7-18/h2-3,8H,4-7,9-10,16-17H2,1H3. The monoisotopic (exact) mass is 267 g/mol. The van der Waals surface area contributed by atoms with Gasteiger partial charge in [0, 0.05) is 23.8 Å². The summed E-state index contributed by atoms with van der Waals surface area (Å²) in [6, 6.07) is 6.06. The Kier molecular flexibility index (Phi) is 4.15. The van der Waals surface area contributed by atoms with Crippen LogP contribution in [-0.2, 0) is 0 Å². The molecule has 3 nitrogen and oxygen atoms in total. The number of nitrogens with two attached hydrogens (primary N) is 2. The van der Waals surface area contributed by atoms with E-state index in [4.69, 9.17) is 23.1 Å². The first kappa shape index (κ1) is 13.7. The summed E-state index contributed by atoms with van der Waals surface area (Å²) in [6.45, 7) is 5.52. The van der Waals surface area contributed by atoms with Gasteiger partial charge in [-0.1, -0.05) is 17.7 Å². The summed E-state index contributed by atoms with van der Waals surface area (Å²) in [5.41, 5.74) is 14.4. The highest BCUT2D eigenvalue weighted by Gasteiger charge is 2.32. The van der Waals surface area contributed by atoms with E-state index < -0.39 is 0 Å². The molecule has 1 heterocycles. The van der Waals surface area contributed by atoms with E-state index in [1.807, 2.05) is 6.07 Å². The Labute approximate surface area is 114 Å². The number of nitrogens with zero attached hydrogens (tertiary/aromatic N) is 1. The molecule has 1 aliphatic rings. The zero-order chi connectivity index (χ0) is 13.2. The molecule has 0 bridgehead atoms. The van der Waals surface area contributed by atoms with Gasteiger partial charge in [-0.15, -0.1) is 0 Å². The van der Waals surface area contributed by atoms with Gasteiger partial charge in [0.05, 0.1) is 0 Å². The first-order valence-corrected chi connectivity index (χ1v) is 6.89. The van der Waals surface area contributed by atoms with Gasteiger partial charge in [-0.05, 0) is 56.0 Å². The van der Waals surface area contributed by atoms with Crippen molar-refractivity contribution in [1.82, 2.24) is 0 Å². The van der Waals surface area contributed by atoms with Crippen LogP contribution in [0.15, 0.2) is 18.2 Å². The molecule has 1 fully saturated rings. The van der Waals surface area contributed by atoms with Gasteiger partial charge in [-0.3, -0.25) is 0 Å². The fourth-order valence-corrected chi connectivity index (χ4v) is 2.80. The fourth-order valence-electron chi connectivity index (χ4n) is 2.64. The van der Waals surface area contributed by atoms with Crippen LogP contribution in [0.5, 0.6) is 0 Å². The van der Waals surface area contributed by atoms with Gasteiger partial charge < -0.3 is 16.4 Å². The van der Waals surface area contributed by atoms with Crippen molar-refractivity contribution in [3.63, 3.8) is 0 Å². The average Bonchev–Trinajstić information content (AvgIpc) is 2.42. The Morgan fingerprint density at radius 2 is 1.83 bits per heavy atom. The van der Waals surface area contributed by atoms with E-state index in [1.165, 1.54) is 11.3 Å². The average molecular weight is 268 g/mol. The van der Waals surface area contributed by atoms with Crippen LogP contribution in [0, 0.1) is 12.3 Å². The minimum Gasteiger partial charge on any atom is -0.371 e. The zero-order valence-electron chi connectivity index (χ0n) is 11.0. The third-order valence-corrected chi connectivity index (χ3v) is 4.44. The van der Waals surface area contributed by atoms with Crippen molar-refractivity contribution in [2.24, 2.45) is 16.9 Å². The Balaban J connectivity index is 2.12. The van der Waals surface area contributed by atoms with E-state index in [2.05, 4.69) is 24.0 Å². The van der Waals surface area contributed by atoms with Crippen molar-refractivity contribution >= 4 is 17.3 Å². The molecule has 0 aliphatic carbocycles. The van der Waals surface area contributed by atoms with Gasteiger partial charge in [-0.2, -0.15) is 0 Å². The number of piperidine rings is 1. The van der Waals surface area contributed by atoms with Crippen molar-refractivity contribution in [3.05, 3.63) is 28.8 Å². The molecule has 18 heavy (non-hydrogen) atoms. The second kappa shape index (κ2) is 5.47. The predicted molar refractivity (Wildman–Crippen MR) is 78.2 cm³/mol. The van der Waals surface area contributed by atoms with Crippen LogP contribution in [0.2, 0.25) is 5.02 Å². The molecule has 0 saturated carbocycles. The maximum absolute atomic E-state index is 6.08. The van der Waals surface area contributed by atoms with Crippen molar-refractivity contribution in [2.45, 2.75) is 19.8 Å². The largest absolute Gasteiger partial charge is 0.371 e.